The summed E-state index contributed by atoms with van der Waals surface area (Å²) in [6, 6.07) is 65.7. The Morgan fingerprint density at radius 3 is 1.33 bits per heavy atom. The monoisotopic (exact) mass is 706 g/mol. The van der Waals surface area contributed by atoms with Crippen LogP contribution in [0.1, 0.15) is 0 Å². The van der Waals surface area contributed by atoms with Crippen LogP contribution in [0, 0.1) is 0 Å². The van der Waals surface area contributed by atoms with Crippen LogP contribution in [-0.4, -0.2) is 18.7 Å². The van der Waals surface area contributed by atoms with Gasteiger partial charge in [0, 0.05) is 43.6 Å². The highest BCUT2D eigenvalue weighted by molar-refractivity contribution is 7.22. The molecule has 0 aliphatic heterocycles. The minimum atomic E-state index is 0.993. The Morgan fingerprint density at radius 1 is 0.352 bits per heavy atom. The van der Waals surface area contributed by atoms with E-state index >= 15 is 0 Å². The second kappa shape index (κ2) is 11.3. The summed E-state index contributed by atoms with van der Waals surface area (Å²) >= 11 is 1.78. The molecule has 4 heterocycles. The Hall–Kier alpha value is -6.95. The molecule has 0 bridgehead atoms. The van der Waals surface area contributed by atoms with Crippen LogP contribution in [0.15, 0.2) is 182 Å². The average molecular weight is 707 g/mol. The van der Waals surface area contributed by atoms with Crippen LogP contribution in [0.5, 0.6) is 0 Å². The third-order valence-electron chi connectivity index (χ3n) is 11.1. The van der Waals surface area contributed by atoms with Crippen molar-refractivity contribution in [2.75, 3.05) is 0 Å². The largest absolute Gasteiger partial charge is 0.309 e. The molecule has 0 saturated carbocycles. The molecule has 4 aromatic heterocycles. The van der Waals surface area contributed by atoms with Crippen LogP contribution < -0.4 is 0 Å². The maximum absolute atomic E-state index is 5.61. The SMILES string of the molecule is c1ccc(-n2c3ccccc3c3cc(-c4nc5c(-n6c7ccccc7c7ccccc76)ccc(-n6c7ccccc7c7ccccc76)c5s4)ccc32)cc1. The fourth-order valence-electron chi connectivity index (χ4n) is 8.79. The molecule has 0 saturated heterocycles. The Labute approximate surface area is 314 Å². The van der Waals surface area contributed by atoms with E-state index in [1.165, 1.54) is 65.4 Å². The predicted molar refractivity (Wildman–Crippen MR) is 228 cm³/mol. The van der Waals surface area contributed by atoms with Crippen LogP contribution in [-0.2, 0) is 0 Å². The fraction of sp³-hybridized carbons (Fsp3) is 0. The molecular weight excluding hydrogens is 677 g/mol. The van der Waals surface area contributed by atoms with Crippen LogP contribution in [0.25, 0.3) is 103 Å². The Kier molecular flexibility index (Phi) is 6.18. The summed E-state index contributed by atoms with van der Waals surface area (Å²) in [7, 11) is 0. The zero-order valence-electron chi connectivity index (χ0n) is 29.0. The van der Waals surface area contributed by atoms with Gasteiger partial charge in [0.1, 0.15) is 10.5 Å². The number of para-hydroxylation sites is 6. The van der Waals surface area contributed by atoms with Gasteiger partial charge in [0.05, 0.1) is 49.2 Å². The first-order valence-electron chi connectivity index (χ1n) is 18.3. The average Bonchev–Trinajstić information content (AvgIpc) is 4.00. The van der Waals surface area contributed by atoms with Gasteiger partial charge in [-0.3, -0.25) is 0 Å². The van der Waals surface area contributed by atoms with E-state index in [2.05, 4.69) is 196 Å². The number of benzene rings is 8. The quantitative estimate of drug-likeness (QED) is 0.179. The molecule has 252 valence electrons. The molecule has 54 heavy (non-hydrogen) atoms. The third kappa shape index (κ3) is 4.10. The predicted octanol–water partition coefficient (Wildman–Crippen LogP) is 13.3. The van der Waals surface area contributed by atoms with E-state index < -0.39 is 0 Å². The summed E-state index contributed by atoms with van der Waals surface area (Å²) in [5.41, 5.74) is 12.6. The first-order valence-corrected chi connectivity index (χ1v) is 19.1. The summed E-state index contributed by atoms with van der Waals surface area (Å²) < 4.78 is 8.36. The van der Waals surface area contributed by atoms with Crippen molar-refractivity contribution in [3.8, 4) is 27.6 Å². The Morgan fingerprint density at radius 2 is 0.778 bits per heavy atom. The number of hydrogen-bond donors (Lipinski definition) is 0. The van der Waals surface area contributed by atoms with E-state index in [-0.39, 0.29) is 0 Å². The van der Waals surface area contributed by atoms with E-state index in [0.29, 0.717) is 0 Å². The van der Waals surface area contributed by atoms with E-state index in [0.717, 1.165) is 37.8 Å². The zero-order valence-corrected chi connectivity index (χ0v) is 29.8. The molecule has 4 nitrogen and oxygen atoms in total. The minimum Gasteiger partial charge on any atom is -0.309 e. The van der Waals surface area contributed by atoms with Crippen LogP contribution in [0.3, 0.4) is 0 Å². The van der Waals surface area contributed by atoms with E-state index in [4.69, 9.17) is 4.98 Å². The summed E-state index contributed by atoms with van der Waals surface area (Å²) in [5, 5.41) is 8.42. The number of fused-ring (bicyclic) bond motifs is 10. The van der Waals surface area contributed by atoms with Crippen molar-refractivity contribution in [1.29, 1.82) is 0 Å². The van der Waals surface area contributed by atoms with Crippen molar-refractivity contribution in [2.45, 2.75) is 0 Å². The molecule has 0 fully saturated rings. The standard InChI is InChI=1S/C49H30N4S/c1-2-14-32(15-3-1)51-39-21-9-8-20-37(39)38-30-31(26-27-44(38)51)49-50-47-45(52-40-22-10-4-16-33(40)34-17-5-11-23-41(34)52)28-29-46(48(47)54-49)53-42-24-12-6-18-35(42)36-19-7-13-25-43(36)53/h1-30H. The highest BCUT2D eigenvalue weighted by Gasteiger charge is 2.22. The molecule has 8 aromatic carbocycles. The lowest BCUT2D eigenvalue weighted by molar-refractivity contribution is 1.16. The third-order valence-corrected chi connectivity index (χ3v) is 12.2. The van der Waals surface area contributed by atoms with Crippen LogP contribution in [0.4, 0.5) is 0 Å². The molecule has 0 aliphatic carbocycles. The van der Waals surface area contributed by atoms with Gasteiger partial charge in [-0.15, -0.1) is 11.3 Å². The maximum Gasteiger partial charge on any atom is 0.124 e. The van der Waals surface area contributed by atoms with Crippen molar-refractivity contribution in [1.82, 2.24) is 18.7 Å². The second-order valence-electron chi connectivity index (χ2n) is 14.0. The highest BCUT2D eigenvalue weighted by atomic mass is 32.1. The van der Waals surface area contributed by atoms with E-state index in [9.17, 15) is 0 Å². The molecule has 0 amide bonds. The van der Waals surface area contributed by atoms with Gasteiger partial charge in [0.25, 0.3) is 0 Å². The molecule has 0 N–H and O–H groups in total. The molecule has 0 aliphatic rings. The number of thiazole rings is 1. The van der Waals surface area contributed by atoms with Gasteiger partial charge in [-0.05, 0) is 72.8 Å². The highest BCUT2D eigenvalue weighted by Crippen LogP contribution is 2.44. The molecule has 0 radical (unpaired) electrons. The molecule has 12 aromatic rings. The number of nitrogens with zero attached hydrogens (tertiary/aromatic N) is 4. The molecular formula is C49H30N4S. The first-order chi connectivity index (χ1) is 26.8. The van der Waals surface area contributed by atoms with Gasteiger partial charge in [-0.25, -0.2) is 4.98 Å². The van der Waals surface area contributed by atoms with Crippen LogP contribution >= 0.6 is 11.3 Å². The van der Waals surface area contributed by atoms with Crippen molar-refractivity contribution >= 4 is 87.0 Å². The molecule has 0 spiro atoms. The Balaban J connectivity index is 1.17. The maximum atomic E-state index is 5.61. The lowest BCUT2D eigenvalue weighted by Gasteiger charge is -2.13. The summed E-state index contributed by atoms with van der Waals surface area (Å²) in [6.07, 6.45) is 0. The number of aromatic nitrogens is 4. The van der Waals surface area contributed by atoms with E-state index in [1.54, 1.807) is 11.3 Å². The molecule has 0 atom stereocenters. The van der Waals surface area contributed by atoms with Crippen molar-refractivity contribution in [3.63, 3.8) is 0 Å². The normalized spacial score (nSPS) is 12.1. The first kappa shape index (κ1) is 29.6. The molecule has 12 rings (SSSR count). The van der Waals surface area contributed by atoms with Crippen molar-refractivity contribution < 1.29 is 0 Å². The summed E-state index contributed by atoms with van der Waals surface area (Å²) in [5.74, 6) is 0. The van der Waals surface area contributed by atoms with Gasteiger partial charge in [0.2, 0.25) is 0 Å². The number of hydrogen-bond acceptors (Lipinski definition) is 2. The van der Waals surface area contributed by atoms with Gasteiger partial charge in [-0.2, -0.15) is 0 Å². The van der Waals surface area contributed by atoms with Gasteiger partial charge < -0.3 is 13.7 Å². The van der Waals surface area contributed by atoms with Gasteiger partial charge >= 0.3 is 0 Å². The lowest BCUT2D eigenvalue weighted by Crippen LogP contribution is -1.99. The topological polar surface area (TPSA) is 27.7 Å². The van der Waals surface area contributed by atoms with E-state index in [1.807, 2.05) is 0 Å². The second-order valence-corrected chi connectivity index (χ2v) is 15.0. The smallest absolute Gasteiger partial charge is 0.124 e. The van der Waals surface area contributed by atoms with Crippen LogP contribution in [0.2, 0.25) is 0 Å². The fourth-order valence-corrected chi connectivity index (χ4v) is 9.87. The zero-order chi connectivity index (χ0) is 35.3. The molecule has 5 heteroatoms. The summed E-state index contributed by atoms with van der Waals surface area (Å²) in [4.78, 5) is 5.61. The van der Waals surface area contributed by atoms with Crippen molar-refractivity contribution in [2.24, 2.45) is 0 Å². The minimum absolute atomic E-state index is 0.993. The molecule has 0 unspecified atom stereocenters. The number of rotatable bonds is 4. The Bertz CT molecular complexity index is 3190. The van der Waals surface area contributed by atoms with Gasteiger partial charge in [-0.1, -0.05) is 109 Å². The lowest BCUT2D eigenvalue weighted by atomic mass is 10.1. The van der Waals surface area contributed by atoms with Crippen molar-refractivity contribution in [3.05, 3.63) is 182 Å². The van der Waals surface area contributed by atoms with Gasteiger partial charge in [0.15, 0.2) is 0 Å². The summed E-state index contributed by atoms with van der Waals surface area (Å²) in [6.45, 7) is 0.